The Morgan fingerprint density at radius 1 is 0.963 bits per heavy atom. The van der Waals surface area contributed by atoms with Crippen molar-refractivity contribution in [3.8, 4) is 0 Å². The molecule has 0 aliphatic carbocycles. The van der Waals surface area contributed by atoms with Crippen LogP contribution in [0.1, 0.15) is 35.8 Å². The smallest absolute Gasteiger partial charge is 0.387 e. The van der Waals surface area contributed by atoms with Gasteiger partial charge in [-0.05, 0) is 30.2 Å². The first-order chi connectivity index (χ1) is 12.7. The SMILES string of the molecule is C[C@H](NC(=O)C(=O)NC[C@H](O)c1ccc(C(F)(F)F)cc1)c1ccccc1. The van der Waals surface area contributed by atoms with E-state index < -0.39 is 29.7 Å². The zero-order valence-corrected chi connectivity index (χ0v) is 14.5. The van der Waals surface area contributed by atoms with Crippen LogP contribution >= 0.6 is 0 Å². The molecule has 3 N–H and O–H groups in total. The highest BCUT2D eigenvalue weighted by molar-refractivity contribution is 6.35. The number of carbonyl (C=O) groups excluding carboxylic acids is 2. The van der Waals surface area contributed by atoms with E-state index in [1.807, 2.05) is 6.07 Å². The summed E-state index contributed by atoms with van der Waals surface area (Å²) in [6, 6.07) is 12.6. The standard InChI is InChI=1S/C19H19F3N2O3/c1-12(13-5-3-2-4-6-13)24-18(27)17(26)23-11-16(25)14-7-9-15(10-8-14)19(20,21)22/h2-10,12,16,25H,11H2,1H3,(H,23,26)(H,24,27)/t12-,16-/m0/s1. The van der Waals surface area contributed by atoms with Crippen molar-refractivity contribution in [2.24, 2.45) is 0 Å². The van der Waals surface area contributed by atoms with Gasteiger partial charge in [-0.25, -0.2) is 0 Å². The molecule has 2 aromatic rings. The van der Waals surface area contributed by atoms with Crippen LogP contribution in [0.3, 0.4) is 0 Å². The lowest BCUT2D eigenvalue weighted by molar-refractivity contribution is -0.139. The lowest BCUT2D eigenvalue weighted by atomic mass is 10.1. The molecule has 0 aromatic heterocycles. The summed E-state index contributed by atoms with van der Waals surface area (Å²) in [5, 5.41) is 14.8. The van der Waals surface area contributed by atoms with Gasteiger partial charge in [0.05, 0.1) is 17.7 Å². The maximum absolute atomic E-state index is 12.5. The first-order valence-corrected chi connectivity index (χ1v) is 8.17. The number of aliphatic hydroxyl groups is 1. The van der Waals surface area contributed by atoms with Crippen molar-refractivity contribution >= 4 is 11.8 Å². The number of nitrogens with one attached hydrogen (secondary N) is 2. The average Bonchev–Trinajstić information content (AvgIpc) is 2.65. The molecule has 0 unspecified atom stereocenters. The van der Waals surface area contributed by atoms with E-state index in [0.29, 0.717) is 0 Å². The molecule has 0 bridgehead atoms. The van der Waals surface area contributed by atoms with Gasteiger partial charge >= 0.3 is 18.0 Å². The van der Waals surface area contributed by atoms with Crippen LogP contribution in [-0.2, 0) is 15.8 Å². The number of amides is 2. The summed E-state index contributed by atoms with van der Waals surface area (Å²) in [5.41, 5.74) is 0.182. The molecule has 8 heteroatoms. The van der Waals surface area contributed by atoms with Crippen LogP contribution < -0.4 is 10.6 Å². The second kappa shape index (κ2) is 8.68. The summed E-state index contributed by atoms with van der Waals surface area (Å²) in [4.78, 5) is 23.7. The van der Waals surface area contributed by atoms with Crippen molar-refractivity contribution in [3.05, 3.63) is 71.3 Å². The molecular weight excluding hydrogens is 361 g/mol. The molecule has 2 amide bonds. The molecule has 0 spiro atoms. The summed E-state index contributed by atoms with van der Waals surface area (Å²) in [7, 11) is 0. The molecule has 0 aliphatic rings. The monoisotopic (exact) mass is 380 g/mol. The number of carbonyl (C=O) groups is 2. The summed E-state index contributed by atoms with van der Waals surface area (Å²) in [5.74, 6) is -1.81. The lowest BCUT2D eigenvalue weighted by Gasteiger charge is -2.16. The predicted octanol–water partition coefficient (Wildman–Crippen LogP) is 2.73. The van der Waals surface area contributed by atoms with Crippen LogP contribution in [0.2, 0.25) is 0 Å². The first-order valence-electron chi connectivity index (χ1n) is 8.17. The van der Waals surface area contributed by atoms with Gasteiger partial charge < -0.3 is 15.7 Å². The fourth-order valence-corrected chi connectivity index (χ4v) is 2.37. The Hall–Kier alpha value is -2.87. The molecule has 0 saturated heterocycles. The van der Waals surface area contributed by atoms with Gasteiger partial charge in [-0.2, -0.15) is 13.2 Å². The molecule has 2 atom stereocenters. The van der Waals surface area contributed by atoms with Gasteiger partial charge in [-0.15, -0.1) is 0 Å². The van der Waals surface area contributed by atoms with Gasteiger partial charge in [-0.3, -0.25) is 9.59 Å². The van der Waals surface area contributed by atoms with E-state index in [2.05, 4.69) is 10.6 Å². The average molecular weight is 380 g/mol. The largest absolute Gasteiger partial charge is 0.416 e. The van der Waals surface area contributed by atoms with Gasteiger partial charge in [0.1, 0.15) is 0 Å². The highest BCUT2D eigenvalue weighted by Gasteiger charge is 2.30. The van der Waals surface area contributed by atoms with Crippen molar-refractivity contribution in [2.75, 3.05) is 6.54 Å². The summed E-state index contributed by atoms with van der Waals surface area (Å²) in [6.45, 7) is 1.41. The molecule has 0 heterocycles. The number of aliphatic hydroxyl groups excluding tert-OH is 1. The van der Waals surface area contributed by atoms with E-state index in [9.17, 15) is 27.9 Å². The molecule has 0 aliphatic heterocycles. The maximum atomic E-state index is 12.5. The Labute approximate surface area is 154 Å². The van der Waals surface area contributed by atoms with Crippen molar-refractivity contribution in [2.45, 2.75) is 25.2 Å². The van der Waals surface area contributed by atoms with Crippen molar-refractivity contribution in [1.82, 2.24) is 10.6 Å². The van der Waals surface area contributed by atoms with E-state index in [0.717, 1.165) is 29.8 Å². The van der Waals surface area contributed by atoms with Crippen LogP contribution in [0.25, 0.3) is 0 Å². The number of hydrogen-bond donors (Lipinski definition) is 3. The van der Waals surface area contributed by atoms with Crippen molar-refractivity contribution in [1.29, 1.82) is 0 Å². The van der Waals surface area contributed by atoms with E-state index >= 15 is 0 Å². The summed E-state index contributed by atoms with van der Waals surface area (Å²) >= 11 is 0. The van der Waals surface area contributed by atoms with Crippen LogP contribution in [0.15, 0.2) is 54.6 Å². The fraction of sp³-hybridized carbons (Fsp3) is 0.263. The second-order valence-corrected chi connectivity index (χ2v) is 5.95. The molecule has 0 saturated carbocycles. The molecule has 2 aromatic carbocycles. The second-order valence-electron chi connectivity index (χ2n) is 5.95. The molecule has 0 fully saturated rings. The highest BCUT2D eigenvalue weighted by atomic mass is 19.4. The van der Waals surface area contributed by atoms with Crippen LogP contribution in [0.5, 0.6) is 0 Å². The zero-order chi connectivity index (χ0) is 20.0. The normalized spacial score (nSPS) is 13.5. The van der Waals surface area contributed by atoms with Crippen LogP contribution in [-0.4, -0.2) is 23.5 Å². The minimum absolute atomic E-state index is 0.196. The predicted molar refractivity (Wildman–Crippen MR) is 92.4 cm³/mol. The summed E-state index contributed by atoms with van der Waals surface area (Å²) < 4.78 is 37.6. The van der Waals surface area contributed by atoms with Gasteiger partial charge in [0.2, 0.25) is 0 Å². The zero-order valence-electron chi connectivity index (χ0n) is 14.5. The fourth-order valence-electron chi connectivity index (χ4n) is 2.37. The van der Waals surface area contributed by atoms with Gasteiger partial charge in [0, 0.05) is 6.54 Å². The lowest BCUT2D eigenvalue weighted by Crippen LogP contribution is -2.42. The van der Waals surface area contributed by atoms with Gasteiger partial charge in [0.25, 0.3) is 0 Å². The Morgan fingerprint density at radius 2 is 1.56 bits per heavy atom. The number of benzene rings is 2. The minimum Gasteiger partial charge on any atom is -0.387 e. The third-order valence-corrected chi connectivity index (χ3v) is 3.93. The number of alkyl halides is 3. The Kier molecular flexibility index (Phi) is 6.57. The number of rotatable bonds is 5. The molecule has 27 heavy (non-hydrogen) atoms. The van der Waals surface area contributed by atoms with E-state index in [4.69, 9.17) is 0 Å². The maximum Gasteiger partial charge on any atom is 0.416 e. The topological polar surface area (TPSA) is 78.4 Å². The van der Waals surface area contributed by atoms with Crippen molar-refractivity contribution < 1.29 is 27.9 Å². The third kappa shape index (κ3) is 5.82. The number of hydrogen-bond acceptors (Lipinski definition) is 3. The molecule has 2 rings (SSSR count). The highest BCUT2D eigenvalue weighted by Crippen LogP contribution is 2.29. The van der Waals surface area contributed by atoms with Crippen LogP contribution in [0, 0.1) is 0 Å². The molecule has 144 valence electrons. The van der Waals surface area contributed by atoms with Gasteiger partial charge in [-0.1, -0.05) is 42.5 Å². The molecular formula is C19H19F3N2O3. The molecule has 5 nitrogen and oxygen atoms in total. The minimum atomic E-state index is -4.47. The van der Waals surface area contributed by atoms with E-state index in [-0.39, 0.29) is 18.2 Å². The van der Waals surface area contributed by atoms with E-state index in [1.165, 1.54) is 0 Å². The quantitative estimate of drug-likeness (QED) is 0.698. The summed E-state index contributed by atoms with van der Waals surface area (Å²) in [6.07, 6.45) is -5.71. The molecule has 0 radical (unpaired) electrons. The van der Waals surface area contributed by atoms with Crippen molar-refractivity contribution in [3.63, 3.8) is 0 Å². The van der Waals surface area contributed by atoms with Gasteiger partial charge in [0.15, 0.2) is 0 Å². The number of halogens is 3. The first kappa shape index (κ1) is 20.4. The third-order valence-electron chi connectivity index (χ3n) is 3.93. The Balaban J connectivity index is 1.86. The van der Waals surface area contributed by atoms with Crippen LogP contribution in [0.4, 0.5) is 13.2 Å². The van der Waals surface area contributed by atoms with E-state index in [1.54, 1.807) is 31.2 Å². The Bertz CT molecular complexity index is 777. The Morgan fingerprint density at radius 3 is 2.11 bits per heavy atom.